The number of hydrogen-bond acceptors (Lipinski definition) is 2. The van der Waals surface area contributed by atoms with Gasteiger partial charge in [0.15, 0.2) is 0 Å². The highest BCUT2D eigenvalue weighted by Gasteiger charge is 2.25. The van der Waals surface area contributed by atoms with Crippen LogP contribution in [0.3, 0.4) is 0 Å². The maximum atomic E-state index is 11.5. The van der Waals surface area contributed by atoms with Crippen molar-refractivity contribution in [3.8, 4) is 0 Å². The molecule has 0 saturated heterocycles. The van der Waals surface area contributed by atoms with Gasteiger partial charge in [0.25, 0.3) is 0 Å². The van der Waals surface area contributed by atoms with Crippen molar-refractivity contribution >= 4 is 5.91 Å². The summed E-state index contributed by atoms with van der Waals surface area (Å²) >= 11 is 0. The summed E-state index contributed by atoms with van der Waals surface area (Å²) in [5, 5.41) is 13.1. The van der Waals surface area contributed by atoms with Crippen LogP contribution in [0.1, 0.15) is 59.8 Å². The van der Waals surface area contributed by atoms with Gasteiger partial charge >= 0.3 is 0 Å². The average Bonchev–Trinajstić information content (AvgIpc) is 2.15. The predicted molar refractivity (Wildman–Crippen MR) is 67.2 cm³/mol. The number of carbonyl (C=O) groups is 1. The molecule has 0 aromatic carbocycles. The molecule has 0 aliphatic carbocycles. The first-order valence-electron chi connectivity index (χ1n) is 6.42. The maximum absolute atomic E-state index is 11.5. The molecule has 0 fully saturated rings. The third kappa shape index (κ3) is 6.83. The van der Waals surface area contributed by atoms with Crippen LogP contribution < -0.4 is 5.32 Å². The third-order valence-corrected chi connectivity index (χ3v) is 2.64. The van der Waals surface area contributed by atoms with Crippen molar-refractivity contribution in [3.63, 3.8) is 0 Å². The molecule has 0 saturated carbocycles. The van der Waals surface area contributed by atoms with Crippen molar-refractivity contribution in [1.82, 2.24) is 5.32 Å². The summed E-state index contributed by atoms with van der Waals surface area (Å²) in [5.41, 5.74) is -0.712. The van der Waals surface area contributed by atoms with Gasteiger partial charge in [-0.15, -0.1) is 0 Å². The summed E-state index contributed by atoms with van der Waals surface area (Å²) in [5.74, 6) is 0.408. The monoisotopic (exact) mass is 229 g/mol. The number of rotatable bonds is 8. The van der Waals surface area contributed by atoms with E-state index in [4.69, 9.17) is 0 Å². The molecular weight excluding hydrogens is 202 g/mol. The van der Waals surface area contributed by atoms with Gasteiger partial charge in [-0.05, 0) is 18.8 Å². The third-order valence-electron chi connectivity index (χ3n) is 2.64. The Morgan fingerprint density at radius 1 is 1.25 bits per heavy atom. The van der Waals surface area contributed by atoms with E-state index in [2.05, 4.69) is 19.2 Å². The minimum Gasteiger partial charge on any atom is -0.388 e. The van der Waals surface area contributed by atoms with E-state index in [1.54, 1.807) is 0 Å². The summed E-state index contributed by atoms with van der Waals surface area (Å²) in [6.45, 7) is 8.53. The highest BCUT2D eigenvalue weighted by molar-refractivity contribution is 5.76. The number of amides is 1. The summed E-state index contributed by atoms with van der Waals surface area (Å²) < 4.78 is 0. The molecule has 0 aliphatic rings. The first-order valence-corrected chi connectivity index (χ1v) is 6.42. The van der Waals surface area contributed by atoms with E-state index in [1.165, 1.54) is 0 Å². The molecule has 16 heavy (non-hydrogen) atoms. The molecule has 3 nitrogen and oxygen atoms in total. The zero-order valence-electron chi connectivity index (χ0n) is 11.2. The fourth-order valence-electron chi connectivity index (χ4n) is 1.94. The average molecular weight is 229 g/mol. The lowest BCUT2D eigenvalue weighted by Gasteiger charge is -2.27. The van der Waals surface area contributed by atoms with Crippen LogP contribution in [0.15, 0.2) is 0 Å². The second kappa shape index (κ2) is 7.66. The fraction of sp³-hybridized carbons (Fsp3) is 0.923. The van der Waals surface area contributed by atoms with Crippen molar-refractivity contribution in [3.05, 3.63) is 0 Å². The Labute approximate surface area is 99.6 Å². The second-order valence-electron chi connectivity index (χ2n) is 5.10. The SMILES string of the molecule is CCCC(O)(CCC)CNC(=O)CC(C)C. The molecule has 0 aromatic heterocycles. The van der Waals surface area contributed by atoms with Crippen molar-refractivity contribution in [2.45, 2.75) is 65.4 Å². The van der Waals surface area contributed by atoms with Gasteiger partial charge in [0, 0.05) is 13.0 Å². The van der Waals surface area contributed by atoms with Gasteiger partial charge in [-0.2, -0.15) is 0 Å². The molecule has 2 N–H and O–H groups in total. The Balaban J connectivity index is 4.05. The molecule has 0 atom stereocenters. The van der Waals surface area contributed by atoms with Crippen LogP contribution in [0.5, 0.6) is 0 Å². The highest BCUT2D eigenvalue weighted by atomic mass is 16.3. The molecule has 3 heteroatoms. The Hall–Kier alpha value is -0.570. The molecule has 1 amide bonds. The molecule has 0 heterocycles. The van der Waals surface area contributed by atoms with Crippen molar-refractivity contribution in [2.75, 3.05) is 6.54 Å². The Kier molecular flexibility index (Phi) is 7.39. The number of carbonyl (C=O) groups excluding carboxylic acids is 1. The van der Waals surface area contributed by atoms with Crippen LogP contribution in [0.4, 0.5) is 0 Å². The summed E-state index contributed by atoms with van der Waals surface area (Å²) in [4.78, 5) is 11.5. The van der Waals surface area contributed by atoms with Crippen molar-refractivity contribution in [2.24, 2.45) is 5.92 Å². The van der Waals surface area contributed by atoms with Gasteiger partial charge in [-0.3, -0.25) is 4.79 Å². The molecule has 0 aromatic rings. The van der Waals surface area contributed by atoms with Crippen LogP contribution in [0.25, 0.3) is 0 Å². The molecule has 0 aliphatic heterocycles. The zero-order chi connectivity index (χ0) is 12.6. The van der Waals surface area contributed by atoms with Gasteiger partial charge in [0.2, 0.25) is 5.91 Å². The largest absolute Gasteiger partial charge is 0.388 e. The van der Waals surface area contributed by atoms with Crippen LogP contribution in [-0.2, 0) is 4.79 Å². The van der Waals surface area contributed by atoms with Gasteiger partial charge in [-0.1, -0.05) is 40.5 Å². The van der Waals surface area contributed by atoms with Crippen LogP contribution in [0, 0.1) is 5.92 Å². The molecule has 0 unspecified atom stereocenters. The smallest absolute Gasteiger partial charge is 0.220 e. The minimum absolute atomic E-state index is 0.0423. The van der Waals surface area contributed by atoms with Gasteiger partial charge in [-0.25, -0.2) is 0 Å². The zero-order valence-corrected chi connectivity index (χ0v) is 11.2. The lowest BCUT2D eigenvalue weighted by Crippen LogP contribution is -2.43. The second-order valence-corrected chi connectivity index (χ2v) is 5.10. The molecule has 0 spiro atoms. The standard InChI is InChI=1S/C13H27NO2/c1-5-7-13(16,8-6-2)10-14-12(15)9-11(3)4/h11,16H,5-10H2,1-4H3,(H,14,15). The highest BCUT2D eigenvalue weighted by Crippen LogP contribution is 2.18. The lowest BCUT2D eigenvalue weighted by atomic mass is 9.92. The van der Waals surface area contributed by atoms with E-state index in [9.17, 15) is 9.90 Å². The Bertz CT molecular complexity index is 196. The minimum atomic E-state index is -0.712. The Morgan fingerprint density at radius 3 is 2.12 bits per heavy atom. The number of nitrogens with one attached hydrogen (secondary N) is 1. The van der Waals surface area contributed by atoms with E-state index in [0.717, 1.165) is 25.7 Å². The molecular formula is C13H27NO2. The van der Waals surface area contributed by atoms with Crippen LogP contribution in [-0.4, -0.2) is 23.2 Å². The predicted octanol–water partition coefficient (Wildman–Crippen LogP) is 2.48. The quantitative estimate of drug-likeness (QED) is 0.672. The van der Waals surface area contributed by atoms with E-state index in [0.29, 0.717) is 18.9 Å². The lowest BCUT2D eigenvalue weighted by molar-refractivity contribution is -0.123. The van der Waals surface area contributed by atoms with E-state index < -0.39 is 5.60 Å². The molecule has 0 rings (SSSR count). The topological polar surface area (TPSA) is 49.3 Å². The fourth-order valence-corrected chi connectivity index (χ4v) is 1.94. The normalized spacial score (nSPS) is 11.9. The summed E-state index contributed by atoms with van der Waals surface area (Å²) in [6.07, 6.45) is 3.92. The number of aliphatic hydroxyl groups is 1. The first-order chi connectivity index (χ1) is 7.43. The molecule has 0 bridgehead atoms. The summed E-state index contributed by atoms with van der Waals surface area (Å²) in [7, 11) is 0. The summed E-state index contributed by atoms with van der Waals surface area (Å²) in [6, 6.07) is 0. The maximum Gasteiger partial charge on any atom is 0.220 e. The van der Waals surface area contributed by atoms with E-state index in [1.807, 2.05) is 13.8 Å². The molecule has 0 radical (unpaired) electrons. The van der Waals surface area contributed by atoms with Gasteiger partial charge < -0.3 is 10.4 Å². The van der Waals surface area contributed by atoms with Crippen LogP contribution >= 0.6 is 0 Å². The van der Waals surface area contributed by atoms with E-state index >= 15 is 0 Å². The first kappa shape index (κ1) is 15.4. The van der Waals surface area contributed by atoms with Crippen molar-refractivity contribution in [1.29, 1.82) is 0 Å². The van der Waals surface area contributed by atoms with E-state index in [-0.39, 0.29) is 5.91 Å². The Morgan fingerprint density at radius 2 is 1.75 bits per heavy atom. The van der Waals surface area contributed by atoms with Gasteiger partial charge in [0.1, 0.15) is 0 Å². The van der Waals surface area contributed by atoms with Gasteiger partial charge in [0.05, 0.1) is 5.60 Å². The van der Waals surface area contributed by atoms with Crippen LogP contribution in [0.2, 0.25) is 0 Å². The van der Waals surface area contributed by atoms with Crippen molar-refractivity contribution < 1.29 is 9.90 Å². The molecule has 96 valence electrons. The number of hydrogen-bond donors (Lipinski definition) is 2.